The molecule has 0 rings (SSSR count). The third kappa shape index (κ3) is 2.69. The zero-order chi connectivity index (χ0) is 6.57. The van der Waals surface area contributed by atoms with Crippen LogP contribution in [0.5, 0.6) is 0 Å². The molecule has 0 spiro atoms. The second-order valence-corrected chi connectivity index (χ2v) is 1.74. The zero-order valence-corrected chi connectivity index (χ0v) is 5.48. The first-order valence-electron chi connectivity index (χ1n) is 2.19. The van der Waals surface area contributed by atoms with E-state index < -0.39 is 5.97 Å². The molecule has 0 aliphatic rings. The predicted octanol–water partition coefficient (Wildman–Crippen LogP) is 0.947. The molecule has 3 heteroatoms. The summed E-state index contributed by atoms with van der Waals surface area (Å²) >= 11 is 3.81. The standard InChI is InChI=1S/C5H8O2S/c1-4(2-3-8)5(6)7/h2,8H,3H2,1H3,(H,6,7). The first-order chi connectivity index (χ1) is 3.68. The molecule has 0 aromatic carbocycles. The summed E-state index contributed by atoms with van der Waals surface area (Å²) in [6.07, 6.45) is 1.55. The molecule has 0 saturated carbocycles. The SMILES string of the molecule is CC(=CCS)C(=O)O. The molecular formula is C5H8O2S. The van der Waals surface area contributed by atoms with Crippen molar-refractivity contribution < 1.29 is 9.90 Å². The maximum atomic E-state index is 9.99. The fraction of sp³-hybridized carbons (Fsp3) is 0.400. The molecule has 0 fully saturated rings. The molecule has 46 valence electrons. The van der Waals surface area contributed by atoms with Gasteiger partial charge < -0.3 is 5.11 Å². The van der Waals surface area contributed by atoms with E-state index in [1.54, 1.807) is 13.0 Å². The van der Waals surface area contributed by atoms with Gasteiger partial charge in [0.1, 0.15) is 0 Å². The highest BCUT2D eigenvalue weighted by atomic mass is 32.1. The minimum atomic E-state index is -0.876. The Hall–Kier alpha value is -0.440. The minimum absolute atomic E-state index is 0.347. The molecular weight excluding hydrogens is 124 g/mol. The Balaban J connectivity index is 3.80. The molecule has 0 unspecified atom stereocenters. The number of carboxylic acids is 1. The van der Waals surface area contributed by atoms with Gasteiger partial charge in [-0.15, -0.1) is 0 Å². The van der Waals surface area contributed by atoms with Gasteiger partial charge in [-0.05, 0) is 6.92 Å². The number of rotatable bonds is 2. The van der Waals surface area contributed by atoms with E-state index in [2.05, 4.69) is 12.6 Å². The molecule has 0 aliphatic heterocycles. The molecule has 1 N–H and O–H groups in total. The van der Waals surface area contributed by atoms with Gasteiger partial charge in [-0.25, -0.2) is 4.79 Å². The van der Waals surface area contributed by atoms with E-state index in [1.807, 2.05) is 0 Å². The molecule has 8 heavy (non-hydrogen) atoms. The smallest absolute Gasteiger partial charge is 0.330 e. The average Bonchev–Trinajstić information content (AvgIpc) is 1.67. The molecule has 0 aliphatic carbocycles. The predicted molar refractivity (Wildman–Crippen MR) is 35.2 cm³/mol. The summed E-state index contributed by atoms with van der Waals surface area (Å²) in [5, 5.41) is 8.21. The van der Waals surface area contributed by atoms with Crippen molar-refractivity contribution >= 4 is 18.6 Å². The number of hydrogen-bond acceptors (Lipinski definition) is 2. The van der Waals surface area contributed by atoms with Crippen LogP contribution >= 0.6 is 12.6 Å². The van der Waals surface area contributed by atoms with E-state index in [9.17, 15) is 4.79 Å². The van der Waals surface area contributed by atoms with Crippen LogP contribution in [0.4, 0.5) is 0 Å². The van der Waals surface area contributed by atoms with Gasteiger partial charge in [0.2, 0.25) is 0 Å². The van der Waals surface area contributed by atoms with E-state index in [0.717, 1.165) is 0 Å². The lowest BCUT2D eigenvalue weighted by Gasteiger charge is -1.86. The van der Waals surface area contributed by atoms with E-state index in [0.29, 0.717) is 11.3 Å². The van der Waals surface area contributed by atoms with Gasteiger partial charge in [0.05, 0.1) is 0 Å². The van der Waals surface area contributed by atoms with Crippen molar-refractivity contribution in [1.29, 1.82) is 0 Å². The zero-order valence-electron chi connectivity index (χ0n) is 4.59. The first kappa shape index (κ1) is 7.56. The highest BCUT2D eigenvalue weighted by Gasteiger charge is 1.95. The molecule has 0 saturated heterocycles. The summed E-state index contributed by atoms with van der Waals surface area (Å²) in [4.78, 5) is 9.99. The molecule has 2 nitrogen and oxygen atoms in total. The Bertz CT molecular complexity index is 118. The van der Waals surface area contributed by atoms with Gasteiger partial charge in [-0.2, -0.15) is 12.6 Å². The Labute approximate surface area is 53.6 Å². The van der Waals surface area contributed by atoms with Crippen LogP contribution in [0.2, 0.25) is 0 Å². The molecule has 0 heterocycles. The van der Waals surface area contributed by atoms with Crippen LogP contribution in [-0.4, -0.2) is 16.8 Å². The topological polar surface area (TPSA) is 37.3 Å². The van der Waals surface area contributed by atoms with Crippen LogP contribution in [0.25, 0.3) is 0 Å². The van der Waals surface area contributed by atoms with Crippen LogP contribution in [-0.2, 0) is 4.79 Å². The van der Waals surface area contributed by atoms with Gasteiger partial charge in [0.25, 0.3) is 0 Å². The number of carbonyl (C=O) groups is 1. The fourth-order valence-corrected chi connectivity index (χ4v) is 0.498. The molecule has 0 aromatic heterocycles. The van der Waals surface area contributed by atoms with E-state index in [-0.39, 0.29) is 0 Å². The van der Waals surface area contributed by atoms with Gasteiger partial charge in [0.15, 0.2) is 0 Å². The van der Waals surface area contributed by atoms with Crippen molar-refractivity contribution in [2.45, 2.75) is 6.92 Å². The third-order valence-electron chi connectivity index (χ3n) is 0.735. The Morgan fingerprint density at radius 2 is 2.38 bits per heavy atom. The maximum Gasteiger partial charge on any atom is 0.330 e. The van der Waals surface area contributed by atoms with Crippen molar-refractivity contribution in [3.05, 3.63) is 11.6 Å². The quantitative estimate of drug-likeness (QED) is 0.433. The van der Waals surface area contributed by atoms with Gasteiger partial charge in [0, 0.05) is 11.3 Å². The second kappa shape index (κ2) is 3.55. The second-order valence-electron chi connectivity index (χ2n) is 1.37. The van der Waals surface area contributed by atoms with E-state index >= 15 is 0 Å². The summed E-state index contributed by atoms with van der Waals surface area (Å²) in [7, 11) is 0. The fourth-order valence-electron chi connectivity index (χ4n) is 0.224. The average molecular weight is 132 g/mol. The summed E-state index contributed by atoms with van der Waals surface area (Å²) in [6.45, 7) is 1.54. The van der Waals surface area contributed by atoms with Gasteiger partial charge in [-0.3, -0.25) is 0 Å². The lowest BCUT2D eigenvalue weighted by molar-refractivity contribution is -0.132. The van der Waals surface area contributed by atoms with Crippen LogP contribution in [0, 0.1) is 0 Å². The summed E-state index contributed by atoms with van der Waals surface area (Å²) in [5.41, 5.74) is 0.347. The Morgan fingerprint density at radius 3 is 2.50 bits per heavy atom. The summed E-state index contributed by atoms with van der Waals surface area (Å²) in [5.74, 6) is -0.392. The molecule has 0 amide bonds. The van der Waals surface area contributed by atoms with Crippen molar-refractivity contribution in [1.82, 2.24) is 0 Å². The van der Waals surface area contributed by atoms with E-state index in [1.165, 1.54) is 0 Å². The van der Waals surface area contributed by atoms with Crippen LogP contribution < -0.4 is 0 Å². The minimum Gasteiger partial charge on any atom is -0.478 e. The monoisotopic (exact) mass is 132 g/mol. The number of thiol groups is 1. The Morgan fingerprint density at radius 1 is 1.88 bits per heavy atom. The number of hydrogen-bond donors (Lipinski definition) is 2. The maximum absolute atomic E-state index is 9.99. The molecule has 0 radical (unpaired) electrons. The largest absolute Gasteiger partial charge is 0.478 e. The van der Waals surface area contributed by atoms with Crippen molar-refractivity contribution in [2.75, 3.05) is 5.75 Å². The Kier molecular flexibility index (Phi) is 3.35. The van der Waals surface area contributed by atoms with Crippen LogP contribution in [0.15, 0.2) is 11.6 Å². The van der Waals surface area contributed by atoms with E-state index in [4.69, 9.17) is 5.11 Å². The van der Waals surface area contributed by atoms with Gasteiger partial charge >= 0.3 is 5.97 Å². The normalized spacial score (nSPS) is 11.5. The van der Waals surface area contributed by atoms with Gasteiger partial charge in [-0.1, -0.05) is 6.08 Å². The number of aliphatic carboxylic acids is 1. The lowest BCUT2D eigenvalue weighted by Crippen LogP contribution is -1.95. The van der Waals surface area contributed by atoms with Crippen LogP contribution in [0.3, 0.4) is 0 Å². The number of carboxylic acid groups (broad SMARTS) is 1. The lowest BCUT2D eigenvalue weighted by atomic mass is 10.3. The molecule has 0 aromatic rings. The first-order valence-corrected chi connectivity index (χ1v) is 2.82. The highest BCUT2D eigenvalue weighted by Crippen LogP contribution is 1.91. The van der Waals surface area contributed by atoms with Crippen molar-refractivity contribution in [3.8, 4) is 0 Å². The van der Waals surface area contributed by atoms with Crippen molar-refractivity contribution in [3.63, 3.8) is 0 Å². The highest BCUT2D eigenvalue weighted by molar-refractivity contribution is 7.80. The summed E-state index contributed by atoms with van der Waals surface area (Å²) < 4.78 is 0. The molecule has 0 bridgehead atoms. The van der Waals surface area contributed by atoms with Crippen LogP contribution in [0.1, 0.15) is 6.92 Å². The summed E-state index contributed by atoms with van der Waals surface area (Å²) in [6, 6.07) is 0. The van der Waals surface area contributed by atoms with Crippen molar-refractivity contribution in [2.24, 2.45) is 0 Å². The third-order valence-corrected chi connectivity index (χ3v) is 0.917. The molecule has 0 atom stereocenters.